The van der Waals surface area contributed by atoms with E-state index in [1.165, 1.54) is 24.4 Å². The molecule has 2 aromatic heterocycles. The van der Waals surface area contributed by atoms with Gasteiger partial charge in [0.2, 0.25) is 0 Å². The van der Waals surface area contributed by atoms with Crippen molar-refractivity contribution in [2.75, 3.05) is 0 Å². The highest BCUT2D eigenvalue weighted by molar-refractivity contribution is 9.10. The van der Waals surface area contributed by atoms with Gasteiger partial charge in [0.05, 0.1) is 5.56 Å². The van der Waals surface area contributed by atoms with Crippen molar-refractivity contribution in [3.63, 3.8) is 0 Å². The molecule has 0 amide bonds. The van der Waals surface area contributed by atoms with Gasteiger partial charge in [0.15, 0.2) is 11.6 Å². The first-order valence-corrected chi connectivity index (χ1v) is 6.45. The Morgan fingerprint density at radius 3 is 2.67 bits per heavy atom. The van der Waals surface area contributed by atoms with Gasteiger partial charge in [-0.1, -0.05) is 0 Å². The predicted octanol–water partition coefficient (Wildman–Crippen LogP) is 3.09. The number of ether oxygens (including phenoxy) is 1. The van der Waals surface area contributed by atoms with E-state index in [2.05, 4.69) is 41.5 Å². The summed E-state index contributed by atoms with van der Waals surface area (Å²) in [6.45, 7) is 0. The standard InChI is InChI=1S/C12H6BrF2N5O/c13-6-3-10(15)12(16-5-6)21-7-1-2-8(9(14)4-7)11-17-19-20-18-11/h1-5H,(H,17,18,19,20). The van der Waals surface area contributed by atoms with Crippen LogP contribution in [-0.2, 0) is 0 Å². The number of rotatable bonds is 3. The van der Waals surface area contributed by atoms with Gasteiger partial charge in [-0.3, -0.25) is 0 Å². The third kappa shape index (κ3) is 2.87. The van der Waals surface area contributed by atoms with Gasteiger partial charge in [-0.25, -0.2) is 18.9 Å². The molecule has 6 nitrogen and oxygen atoms in total. The van der Waals surface area contributed by atoms with Gasteiger partial charge < -0.3 is 4.74 Å². The molecule has 9 heteroatoms. The lowest BCUT2D eigenvalue weighted by Crippen LogP contribution is -1.94. The van der Waals surface area contributed by atoms with Gasteiger partial charge in [-0.05, 0) is 44.6 Å². The molecular formula is C12H6BrF2N5O. The molecule has 1 aromatic carbocycles. The SMILES string of the molecule is Fc1cc(Oc2ncc(Br)cc2F)ccc1-c1nnn[nH]1. The number of aromatic amines is 1. The summed E-state index contributed by atoms with van der Waals surface area (Å²) in [4.78, 5) is 3.77. The summed E-state index contributed by atoms with van der Waals surface area (Å²) in [7, 11) is 0. The van der Waals surface area contributed by atoms with Crippen molar-refractivity contribution in [2.45, 2.75) is 0 Å². The predicted molar refractivity (Wildman–Crippen MR) is 71.5 cm³/mol. The lowest BCUT2D eigenvalue weighted by Gasteiger charge is -2.07. The minimum Gasteiger partial charge on any atom is -0.436 e. The number of nitrogens with one attached hydrogen (secondary N) is 1. The molecule has 0 aliphatic carbocycles. The molecular weight excluding hydrogens is 348 g/mol. The number of pyridine rings is 1. The Bertz CT molecular complexity index is 781. The van der Waals surface area contributed by atoms with Crippen molar-refractivity contribution in [3.05, 3.63) is 46.6 Å². The molecule has 0 unspecified atom stereocenters. The van der Waals surface area contributed by atoms with E-state index < -0.39 is 11.6 Å². The van der Waals surface area contributed by atoms with Crippen molar-refractivity contribution in [3.8, 4) is 23.0 Å². The Morgan fingerprint density at radius 2 is 2.00 bits per heavy atom. The fourth-order valence-corrected chi connectivity index (χ4v) is 1.92. The molecule has 1 N–H and O–H groups in total. The van der Waals surface area contributed by atoms with E-state index in [1.807, 2.05) is 0 Å². The van der Waals surface area contributed by atoms with Gasteiger partial charge >= 0.3 is 0 Å². The van der Waals surface area contributed by atoms with E-state index >= 15 is 0 Å². The number of benzene rings is 1. The van der Waals surface area contributed by atoms with Crippen molar-refractivity contribution < 1.29 is 13.5 Å². The Kier molecular flexibility index (Phi) is 3.57. The number of tetrazole rings is 1. The quantitative estimate of drug-likeness (QED) is 0.782. The molecule has 3 aromatic rings. The summed E-state index contributed by atoms with van der Waals surface area (Å²) in [5, 5.41) is 12.8. The van der Waals surface area contributed by atoms with Gasteiger partial charge in [-0.15, -0.1) is 5.10 Å². The van der Waals surface area contributed by atoms with Crippen LogP contribution in [0.4, 0.5) is 8.78 Å². The molecule has 3 rings (SSSR count). The molecule has 0 saturated heterocycles. The Balaban J connectivity index is 1.89. The van der Waals surface area contributed by atoms with E-state index in [4.69, 9.17) is 4.74 Å². The number of nitrogens with zero attached hydrogens (tertiary/aromatic N) is 4. The maximum Gasteiger partial charge on any atom is 0.255 e. The molecule has 0 radical (unpaired) electrons. The number of hydrogen-bond donors (Lipinski definition) is 1. The van der Waals surface area contributed by atoms with Crippen LogP contribution in [0, 0.1) is 11.6 Å². The minimum atomic E-state index is -0.659. The molecule has 0 spiro atoms. The zero-order valence-electron chi connectivity index (χ0n) is 10.2. The average Bonchev–Trinajstić information content (AvgIpc) is 2.96. The Morgan fingerprint density at radius 1 is 1.14 bits per heavy atom. The van der Waals surface area contributed by atoms with Gasteiger partial charge in [0, 0.05) is 16.7 Å². The van der Waals surface area contributed by atoms with E-state index in [9.17, 15) is 8.78 Å². The van der Waals surface area contributed by atoms with Crippen LogP contribution in [0.1, 0.15) is 0 Å². The summed E-state index contributed by atoms with van der Waals surface area (Å²) in [5.74, 6) is -1.21. The highest BCUT2D eigenvalue weighted by atomic mass is 79.9. The minimum absolute atomic E-state index is 0.109. The molecule has 0 aliphatic heterocycles. The van der Waals surface area contributed by atoms with E-state index in [0.717, 1.165) is 6.07 Å². The van der Waals surface area contributed by atoms with Crippen LogP contribution in [0.5, 0.6) is 11.6 Å². The largest absolute Gasteiger partial charge is 0.436 e. The Labute approximate surface area is 125 Å². The molecule has 0 bridgehead atoms. The van der Waals surface area contributed by atoms with Crippen molar-refractivity contribution in [2.24, 2.45) is 0 Å². The molecule has 0 atom stereocenters. The number of H-pyrrole nitrogens is 1. The normalized spacial score (nSPS) is 10.6. The molecule has 0 fully saturated rings. The summed E-state index contributed by atoms with van der Waals surface area (Å²) in [5.41, 5.74) is 0.177. The summed E-state index contributed by atoms with van der Waals surface area (Å²) >= 11 is 3.08. The third-order valence-corrected chi connectivity index (χ3v) is 2.96. The zero-order chi connectivity index (χ0) is 14.8. The van der Waals surface area contributed by atoms with Crippen LogP contribution in [0.15, 0.2) is 34.9 Å². The first kappa shape index (κ1) is 13.6. The fraction of sp³-hybridized carbons (Fsp3) is 0. The van der Waals surface area contributed by atoms with E-state index in [0.29, 0.717) is 4.47 Å². The van der Waals surface area contributed by atoms with Crippen LogP contribution < -0.4 is 4.74 Å². The molecule has 0 aliphatic rings. The second-order valence-electron chi connectivity index (χ2n) is 3.93. The molecule has 2 heterocycles. The monoisotopic (exact) mass is 353 g/mol. The summed E-state index contributed by atoms with van der Waals surface area (Å²) < 4.78 is 33.2. The highest BCUT2D eigenvalue weighted by Gasteiger charge is 2.12. The average molecular weight is 354 g/mol. The third-order valence-electron chi connectivity index (χ3n) is 2.53. The number of hydrogen-bond acceptors (Lipinski definition) is 5. The first-order chi connectivity index (χ1) is 10.1. The van der Waals surface area contributed by atoms with Gasteiger partial charge in [0.25, 0.3) is 5.88 Å². The highest BCUT2D eigenvalue weighted by Crippen LogP contribution is 2.28. The van der Waals surface area contributed by atoms with Crippen LogP contribution in [0.2, 0.25) is 0 Å². The molecule has 21 heavy (non-hydrogen) atoms. The second-order valence-corrected chi connectivity index (χ2v) is 4.85. The fourth-order valence-electron chi connectivity index (χ4n) is 1.61. The maximum absolute atomic E-state index is 14.0. The molecule has 0 saturated carbocycles. The van der Waals surface area contributed by atoms with Crippen molar-refractivity contribution in [1.29, 1.82) is 0 Å². The lowest BCUT2D eigenvalue weighted by molar-refractivity contribution is 0.419. The van der Waals surface area contributed by atoms with Gasteiger partial charge in [-0.2, -0.15) is 0 Å². The lowest BCUT2D eigenvalue weighted by atomic mass is 10.2. The van der Waals surface area contributed by atoms with Crippen LogP contribution in [0.25, 0.3) is 11.4 Å². The molecule has 106 valence electrons. The van der Waals surface area contributed by atoms with Crippen molar-refractivity contribution in [1.82, 2.24) is 25.6 Å². The van der Waals surface area contributed by atoms with Crippen molar-refractivity contribution >= 4 is 15.9 Å². The maximum atomic E-state index is 14.0. The second kappa shape index (κ2) is 5.52. The smallest absolute Gasteiger partial charge is 0.255 e. The zero-order valence-corrected chi connectivity index (χ0v) is 11.8. The van der Waals surface area contributed by atoms with Crippen LogP contribution >= 0.6 is 15.9 Å². The Hall–Kier alpha value is -2.42. The topological polar surface area (TPSA) is 76.6 Å². The van der Waals surface area contributed by atoms with E-state index in [1.54, 1.807) is 0 Å². The van der Waals surface area contributed by atoms with E-state index in [-0.39, 0.29) is 23.0 Å². The van der Waals surface area contributed by atoms with Crippen LogP contribution in [0.3, 0.4) is 0 Å². The first-order valence-electron chi connectivity index (χ1n) is 5.66. The van der Waals surface area contributed by atoms with Crippen LogP contribution in [-0.4, -0.2) is 25.6 Å². The number of aromatic nitrogens is 5. The number of halogens is 3. The summed E-state index contributed by atoms with van der Waals surface area (Å²) in [6.07, 6.45) is 1.38. The summed E-state index contributed by atoms with van der Waals surface area (Å²) in [6, 6.07) is 5.18. The van der Waals surface area contributed by atoms with Gasteiger partial charge in [0.1, 0.15) is 11.6 Å².